The smallest absolute Gasteiger partial charge is 0.407 e. The molecule has 0 unspecified atom stereocenters. The molecule has 5 heteroatoms. The highest BCUT2D eigenvalue weighted by Crippen LogP contribution is 2.46. The van der Waals surface area contributed by atoms with Crippen molar-refractivity contribution in [2.24, 2.45) is 0 Å². The number of amides is 2. The van der Waals surface area contributed by atoms with Gasteiger partial charge in [-0.1, -0.05) is 56.3 Å². The molecule has 28 heavy (non-hydrogen) atoms. The van der Waals surface area contributed by atoms with Crippen LogP contribution >= 0.6 is 0 Å². The molecule has 1 N–H and O–H groups in total. The molecule has 2 aromatic carbocycles. The van der Waals surface area contributed by atoms with Crippen molar-refractivity contribution in [2.45, 2.75) is 45.6 Å². The Labute approximate surface area is 166 Å². The Kier molecular flexibility index (Phi) is 6.02. The number of carbonyl (C=O) groups excluding carboxylic acids is 2. The van der Waals surface area contributed by atoms with Crippen LogP contribution in [0, 0.1) is 6.92 Å². The zero-order valence-corrected chi connectivity index (χ0v) is 16.8. The maximum atomic E-state index is 13.2. The molecule has 0 fully saturated rings. The summed E-state index contributed by atoms with van der Waals surface area (Å²) in [5, 5.41) is 2.75. The van der Waals surface area contributed by atoms with Gasteiger partial charge in [-0.25, -0.2) is 4.79 Å². The Morgan fingerprint density at radius 2 is 1.82 bits per heavy atom. The van der Waals surface area contributed by atoms with Gasteiger partial charge in [0.1, 0.15) is 6.61 Å². The Balaban J connectivity index is 1.62. The second-order valence-electron chi connectivity index (χ2n) is 7.26. The minimum absolute atomic E-state index is 0.123. The van der Waals surface area contributed by atoms with Gasteiger partial charge in [-0.05, 0) is 42.5 Å². The van der Waals surface area contributed by atoms with Gasteiger partial charge in [0.15, 0.2) is 0 Å². The lowest BCUT2D eigenvalue weighted by Crippen LogP contribution is -2.43. The van der Waals surface area contributed by atoms with Crippen LogP contribution in [0.3, 0.4) is 0 Å². The van der Waals surface area contributed by atoms with Crippen LogP contribution in [0.5, 0.6) is 0 Å². The van der Waals surface area contributed by atoms with Crippen molar-refractivity contribution in [1.29, 1.82) is 0 Å². The van der Waals surface area contributed by atoms with E-state index < -0.39 is 11.5 Å². The molecule has 0 aromatic heterocycles. The van der Waals surface area contributed by atoms with E-state index in [2.05, 4.69) is 37.4 Å². The fourth-order valence-electron chi connectivity index (χ4n) is 3.95. The van der Waals surface area contributed by atoms with Crippen molar-refractivity contribution in [3.05, 3.63) is 65.2 Å². The molecule has 1 heterocycles. The van der Waals surface area contributed by atoms with E-state index in [-0.39, 0.29) is 12.5 Å². The minimum Gasteiger partial charge on any atom is -0.445 e. The number of nitrogens with one attached hydrogen (secondary N) is 1. The van der Waals surface area contributed by atoms with E-state index >= 15 is 0 Å². The summed E-state index contributed by atoms with van der Waals surface area (Å²) in [6, 6.07) is 15.8. The summed E-state index contributed by atoms with van der Waals surface area (Å²) in [4.78, 5) is 27.0. The van der Waals surface area contributed by atoms with Crippen LogP contribution in [0.1, 0.15) is 43.4 Å². The maximum absolute atomic E-state index is 13.2. The monoisotopic (exact) mass is 380 g/mol. The van der Waals surface area contributed by atoms with Crippen molar-refractivity contribution in [1.82, 2.24) is 5.32 Å². The van der Waals surface area contributed by atoms with Crippen LogP contribution in [0.25, 0.3) is 0 Å². The predicted molar refractivity (Wildman–Crippen MR) is 110 cm³/mol. The highest BCUT2D eigenvalue weighted by atomic mass is 16.5. The molecular weight excluding hydrogens is 352 g/mol. The Morgan fingerprint density at radius 1 is 1.11 bits per heavy atom. The number of fused-ring (bicyclic) bond motifs is 1. The molecule has 0 aliphatic carbocycles. The van der Waals surface area contributed by atoms with Crippen LogP contribution in [0.4, 0.5) is 10.5 Å². The molecule has 3 rings (SSSR count). The van der Waals surface area contributed by atoms with Crippen molar-refractivity contribution in [2.75, 3.05) is 18.0 Å². The number of hydrogen-bond donors (Lipinski definition) is 1. The summed E-state index contributed by atoms with van der Waals surface area (Å²) in [6.07, 6.45) is 1.06. The van der Waals surface area contributed by atoms with Gasteiger partial charge < -0.3 is 15.0 Å². The number of anilines is 1. The lowest BCUT2D eigenvalue weighted by atomic mass is 9.77. The summed E-state index contributed by atoms with van der Waals surface area (Å²) < 4.78 is 5.24. The molecule has 0 bridgehead atoms. The van der Waals surface area contributed by atoms with Gasteiger partial charge >= 0.3 is 6.09 Å². The van der Waals surface area contributed by atoms with Crippen molar-refractivity contribution in [3.63, 3.8) is 0 Å². The van der Waals surface area contributed by atoms with Gasteiger partial charge in [-0.15, -0.1) is 0 Å². The normalized spacial score (nSPS) is 14.7. The standard InChI is InChI=1S/C23H28N2O3/c1-4-23(5-2)19-12-11-17(3)15-20(19)25(21(23)26)14-13-24-22(27)28-16-18-9-7-6-8-10-18/h6-12,15H,4-5,13-14,16H2,1-3H3,(H,24,27). The van der Waals surface area contributed by atoms with Crippen molar-refractivity contribution < 1.29 is 14.3 Å². The van der Waals surface area contributed by atoms with E-state index in [1.54, 1.807) is 0 Å². The average Bonchev–Trinajstić information content (AvgIpc) is 2.94. The molecular formula is C23H28N2O3. The van der Waals surface area contributed by atoms with Gasteiger partial charge in [0, 0.05) is 18.8 Å². The first kappa shape index (κ1) is 19.9. The Hall–Kier alpha value is -2.82. The van der Waals surface area contributed by atoms with Crippen molar-refractivity contribution in [3.8, 4) is 0 Å². The summed E-state index contributed by atoms with van der Waals surface area (Å²) in [5.74, 6) is 0.123. The molecule has 0 spiro atoms. The predicted octanol–water partition coefficient (Wildman–Crippen LogP) is 4.33. The molecule has 0 saturated carbocycles. The molecule has 0 radical (unpaired) electrons. The zero-order valence-electron chi connectivity index (χ0n) is 16.8. The molecule has 1 aliphatic rings. The SMILES string of the molecule is CCC1(CC)C(=O)N(CCNC(=O)OCc2ccccc2)c2cc(C)ccc21. The molecule has 2 amide bonds. The Morgan fingerprint density at radius 3 is 2.50 bits per heavy atom. The Bertz CT molecular complexity index is 844. The van der Waals surface area contributed by atoms with Gasteiger partial charge in [-0.3, -0.25) is 4.79 Å². The summed E-state index contributed by atoms with van der Waals surface area (Å²) in [6.45, 7) is 7.15. The lowest BCUT2D eigenvalue weighted by Gasteiger charge is -2.26. The topological polar surface area (TPSA) is 58.6 Å². The first-order valence-electron chi connectivity index (χ1n) is 9.89. The van der Waals surface area contributed by atoms with E-state index in [1.807, 2.05) is 42.2 Å². The first-order chi connectivity index (χ1) is 13.5. The molecule has 148 valence electrons. The average molecular weight is 380 g/mol. The van der Waals surface area contributed by atoms with Gasteiger partial charge in [0.25, 0.3) is 0 Å². The van der Waals surface area contributed by atoms with Crippen LogP contribution in [-0.2, 0) is 21.6 Å². The molecule has 5 nitrogen and oxygen atoms in total. The number of aryl methyl sites for hydroxylation is 1. The maximum Gasteiger partial charge on any atom is 0.407 e. The lowest BCUT2D eigenvalue weighted by molar-refractivity contribution is -0.123. The van der Waals surface area contributed by atoms with Crippen molar-refractivity contribution >= 4 is 17.7 Å². The number of nitrogens with zero attached hydrogens (tertiary/aromatic N) is 1. The van der Waals surface area contributed by atoms with Gasteiger partial charge in [0.05, 0.1) is 5.41 Å². The summed E-state index contributed by atoms with van der Waals surface area (Å²) in [5.41, 5.74) is 3.66. The summed E-state index contributed by atoms with van der Waals surface area (Å²) in [7, 11) is 0. The van der Waals surface area contributed by atoms with Crippen LogP contribution in [0.2, 0.25) is 0 Å². The number of rotatable bonds is 7. The summed E-state index contributed by atoms with van der Waals surface area (Å²) >= 11 is 0. The second kappa shape index (κ2) is 8.46. The third-order valence-electron chi connectivity index (χ3n) is 5.64. The highest BCUT2D eigenvalue weighted by Gasteiger charge is 2.48. The second-order valence-corrected chi connectivity index (χ2v) is 7.26. The van der Waals surface area contributed by atoms with Crippen LogP contribution in [-0.4, -0.2) is 25.1 Å². The fraction of sp³-hybridized carbons (Fsp3) is 0.391. The van der Waals surface area contributed by atoms with E-state index in [1.165, 1.54) is 0 Å². The van der Waals surface area contributed by atoms with E-state index in [9.17, 15) is 9.59 Å². The molecule has 2 aromatic rings. The van der Waals surface area contributed by atoms with E-state index in [4.69, 9.17) is 4.74 Å². The van der Waals surface area contributed by atoms with Crippen LogP contribution in [0.15, 0.2) is 48.5 Å². The highest BCUT2D eigenvalue weighted by molar-refractivity contribution is 6.08. The van der Waals surface area contributed by atoms with E-state index in [0.717, 1.165) is 35.2 Å². The van der Waals surface area contributed by atoms with Crippen LogP contribution < -0.4 is 10.2 Å². The van der Waals surface area contributed by atoms with Gasteiger partial charge in [-0.2, -0.15) is 0 Å². The van der Waals surface area contributed by atoms with Gasteiger partial charge in [0.2, 0.25) is 5.91 Å². The molecule has 1 aliphatic heterocycles. The number of hydrogen-bond acceptors (Lipinski definition) is 3. The third-order valence-corrected chi connectivity index (χ3v) is 5.64. The first-order valence-corrected chi connectivity index (χ1v) is 9.89. The number of ether oxygens (including phenoxy) is 1. The molecule has 0 atom stereocenters. The number of carbonyl (C=O) groups is 2. The fourth-order valence-corrected chi connectivity index (χ4v) is 3.95. The number of alkyl carbamates (subject to hydrolysis) is 1. The minimum atomic E-state index is -0.475. The zero-order chi connectivity index (χ0) is 20.1. The largest absolute Gasteiger partial charge is 0.445 e. The molecule has 0 saturated heterocycles. The quantitative estimate of drug-likeness (QED) is 0.778. The van der Waals surface area contributed by atoms with E-state index in [0.29, 0.717) is 13.1 Å². The third kappa shape index (κ3) is 3.75. The number of benzene rings is 2.